The highest BCUT2D eigenvalue weighted by atomic mass is 79.9. The Morgan fingerprint density at radius 2 is 2.06 bits per heavy atom. The van der Waals surface area contributed by atoms with Gasteiger partial charge in [0.25, 0.3) is 0 Å². The second-order valence-corrected chi connectivity index (χ2v) is 4.80. The van der Waals surface area contributed by atoms with Crippen molar-refractivity contribution in [3.63, 3.8) is 0 Å². The van der Waals surface area contributed by atoms with Crippen molar-refractivity contribution in [2.45, 2.75) is 6.54 Å². The van der Waals surface area contributed by atoms with Crippen LogP contribution in [0.5, 0.6) is 0 Å². The summed E-state index contributed by atoms with van der Waals surface area (Å²) in [4.78, 5) is 3.89. The summed E-state index contributed by atoms with van der Waals surface area (Å²) >= 11 is 6.44. The van der Waals surface area contributed by atoms with E-state index in [0.717, 1.165) is 5.56 Å². The summed E-state index contributed by atoms with van der Waals surface area (Å²) in [5.41, 5.74) is 6.21. The molecule has 2 aromatic rings. The summed E-state index contributed by atoms with van der Waals surface area (Å²) in [6.07, 6.45) is 0. The molecule has 0 saturated carbocycles. The number of anilines is 1. The highest BCUT2D eigenvalue weighted by Crippen LogP contribution is 2.17. The third-order valence-electron chi connectivity index (χ3n) is 1.90. The third kappa shape index (κ3) is 2.59. The Balaban J connectivity index is 2.30. The second-order valence-electron chi connectivity index (χ2n) is 3.17. The fraction of sp³-hybridized carbons (Fsp3) is 0.111. The minimum absolute atomic E-state index is 0.183. The molecule has 2 N–H and O–H groups in total. The SMILES string of the molecule is Nc1nc(Br)n(Cc2cc(F)cc(Br)c2)n1. The number of hydrogen-bond donors (Lipinski definition) is 1. The summed E-state index contributed by atoms with van der Waals surface area (Å²) < 4.78 is 15.9. The molecule has 0 bridgehead atoms. The van der Waals surface area contributed by atoms with E-state index in [2.05, 4.69) is 41.9 Å². The molecule has 0 aliphatic heterocycles. The van der Waals surface area contributed by atoms with Gasteiger partial charge in [-0.1, -0.05) is 15.9 Å². The first-order chi connectivity index (χ1) is 7.54. The highest BCUT2D eigenvalue weighted by Gasteiger charge is 2.06. The molecule has 0 radical (unpaired) electrons. The zero-order valence-electron chi connectivity index (χ0n) is 7.99. The molecular formula is C9H7Br2FN4. The number of nitrogens with zero attached hydrogens (tertiary/aromatic N) is 3. The van der Waals surface area contributed by atoms with E-state index in [-0.39, 0.29) is 11.8 Å². The largest absolute Gasteiger partial charge is 0.366 e. The molecule has 0 aliphatic rings. The molecule has 0 saturated heterocycles. The monoisotopic (exact) mass is 348 g/mol. The number of nitrogens with two attached hydrogens (primary N) is 1. The third-order valence-corrected chi connectivity index (χ3v) is 2.94. The minimum atomic E-state index is -0.298. The smallest absolute Gasteiger partial charge is 0.240 e. The van der Waals surface area contributed by atoms with Crippen molar-refractivity contribution in [3.8, 4) is 0 Å². The molecular weight excluding hydrogens is 343 g/mol. The van der Waals surface area contributed by atoms with Gasteiger partial charge < -0.3 is 5.73 Å². The van der Waals surface area contributed by atoms with Crippen molar-refractivity contribution in [3.05, 3.63) is 38.8 Å². The van der Waals surface area contributed by atoms with E-state index in [9.17, 15) is 4.39 Å². The first-order valence-electron chi connectivity index (χ1n) is 4.35. The van der Waals surface area contributed by atoms with E-state index in [1.165, 1.54) is 12.1 Å². The lowest BCUT2D eigenvalue weighted by Gasteiger charge is -2.03. The lowest BCUT2D eigenvalue weighted by atomic mass is 10.2. The van der Waals surface area contributed by atoms with Gasteiger partial charge in [0.2, 0.25) is 5.95 Å². The molecule has 0 amide bonds. The van der Waals surface area contributed by atoms with Gasteiger partial charge in [0.1, 0.15) is 5.82 Å². The van der Waals surface area contributed by atoms with Crippen LogP contribution in [-0.4, -0.2) is 14.8 Å². The van der Waals surface area contributed by atoms with Crippen molar-refractivity contribution in [2.24, 2.45) is 0 Å². The van der Waals surface area contributed by atoms with Crippen LogP contribution in [0.2, 0.25) is 0 Å². The van der Waals surface area contributed by atoms with Crippen LogP contribution < -0.4 is 5.73 Å². The average molecular weight is 350 g/mol. The Morgan fingerprint density at radius 3 is 2.62 bits per heavy atom. The Morgan fingerprint density at radius 1 is 1.31 bits per heavy atom. The molecule has 1 aromatic heterocycles. The summed E-state index contributed by atoms with van der Waals surface area (Å²) in [5.74, 6) is -0.115. The fourth-order valence-electron chi connectivity index (χ4n) is 1.32. The van der Waals surface area contributed by atoms with Gasteiger partial charge in [-0.3, -0.25) is 0 Å². The minimum Gasteiger partial charge on any atom is -0.366 e. The van der Waals surface area contributed by atoms with Crippen molar-refractivity contribution in [1.29, 1.82) is 0 Å². The van der Waals surface area contributed by atoms with Crippen LogP contribution in [0, 0.1) is 5.82 Å². The summed E-state index contributed by atoms with van der Waals surface area (Å²) in [7, 11) is 0. The maximum absolute atomic E-state index is 13.1. The van der Waals surface area contributed by atoms with Crippen LogP contribution in [0.15, 0.2) is 27.4 Å². The molecule has 1 aromatic carbocycles. The van der Waals surface area contributed by atoms with Crippen LogP contribution in [0.4, 0.5) is 10.3 Å². The zero-order valence-corrected chi connectivity index (χ0v) is 11.2. The molecule has 7 heteroatoms. The van der Waals surface area contributed by atoms with Crippen molar-refractivity contribution in [2.75, 3.05) is 5.73 Å². The second kappa shape index (κ2) is 4.50. The molecule has 1 heterocycles. The van der Waals surface area contributed by atoms with Crippen molar-refractivity contribution < 1.29 is 4.39 Å². The van der Waals surface area contributed by atoms with Gasteiger partial charge in [-0.2, -0.15) is 4.98 Å². The average Bonchev–Trinajstić information content (AvgIpc) is 2.43. The van der Waals surface area contributed by atoms with E-state index >= 15 is 0 Å². The maximum atomic E-state index is 13.1. The molecule has 84 valence electrons. The van der Waals surface area contributed by atoms with Crippen molar-refractivity contribution >= 4 is 37.8 Å². The van der Waals surface area contributed by atoms with E-state index in [0.29, 0.717) is 15.8 Å². The first kappa shape index (κ1) is 11.5. The lowest BCUT2D eigenvalue weighted by molar-refractivity contribution is 0.616. The Labute approximate surface area is 108 Å². The molecule has 0 fully saturated rings. The van der Waals surface area contributed by atoms with Crippen LogP contribution in [0.25, 0.3) is 0 Å². The van der Waals surface area contributed by atoms with Crippen molar-refractivity contribution in [1.82, 2.24) is 14.8 Å². The van der Waals surface area contributed by atoms with E-state index in [1.807, 2.05) is 6.07 Å². The molecule has 0 unspecified atom stereocenters. The van der Waals surface area contributed by atoms with Gasteiger partial charge in [-0.05, 0) is 39.7 Å². The Bertz CT molecular complexity index is 506. The zero-order chi connectivity index (χ0) is 11.7. The summed E-state index contributed by atoms with van der Waals surface area (Å²) in [6, 6.07) is 4.65. The van der Waals surface area contributed by atoms with Crippen LogP contribution >= 0.6 is 31.9 Å². The standard InChI is InChI=1S/C9H7Br2FN4/c10-6-1-5(2-7(12)3-6)4-16-8(11)14-9(13)15-16/h1-3H,4H2,(H2,13,15). The number of nitrogen functional groups attached to an aromatic ring is 1. The lowest BCUT2D eigenvalue weighted by Crippen LogP contribution is -2.03. The van der Waals surface area contributed by atoms with Gasteiger partial charge in [0.15, 0.2) is 4.73 Å². The quantitative estimate of drug-likeness (QED) is 0.906. The molecule has 4 nitrogen and oxygen atoms in total. The normalized spacial score (nSPS) is 10.7. The summed E-state index contributed by atoms with van der Waals surface area (Å²) in [6.45, 7) is 0.404. The number of halogens is 3. The Hall–Kier alpha value is -0.950. The van der Waals surface area contributed by atoms with Gasteiger partial charge in [-0.15, -0.1) is 5.10 Å². The van der Waals surface area contributed by atoms with Crippen LogP contribution in [-0.2, 0) is 6.54 Å². The predicted molar refractivity (Wildman–Crippen MR) is 65.3 cm³/mol. The predicted octanol–water partition coefficient (Wildman–Crippen LogP) is 2.57. The van der Waals surface area contributed by atoms with E-state index in [4.69, 9.17) is 5.73 Å². The van der Waals surface area contributed by atoms with Gasteiger partial charge in [-0.25, -0.2) is 9.07 Å². The number of aromatic nitrogens is 3. The van der Waals surface area contributed by atoms with Gasteiger partial charge in [0.05, 0.1) is 6.54 Å². The number of benzene rings is 1. The summed E-state index contributed by atoms with van der Waals surface area (Å²) in [5, 5.41) is 3.96. The maximum Gasteiger partial charge on any atom is 0.240 e. The van der Waals surface area contributed by atoms with E-state index < -0.39 is 0 Å². The van der Waals surface area contributed by atoms with Gasteiger partial charge >= 0.3 is 0 Å². The van der Waals surface area contributed by atoms with E-state index in [1.54, 1.807) is 4.68 Å². The van der Waals surface area contributed by atoms with Crippen LogP contribution in [0.3, 0.4) is 0 Å². The fourth-order valence-corrected chi connectivity index (χ4v) is 2.21. The van der Waals surface area contributed by atoms with Crippen LogP contribution in [0.1, 0.15) is 5.56 Å². The van der Waals surface area contributed by atoms with Gasteiger partial charge in [0, 0.05) is 4.47 Å². The first-order valence-corrected chi connectivity index (χ1v) is 5.94. The molecule has 0 spiro atoms. The Kier molecular flexibility index (Phi) is 3.25. The topological polar surface area (TPSA) is 56.7 Å². The molecule has 0 aliphatic carbocycles. The highest BCUT2D eigenvalue weighted by molar-refractivity contribution is 9.10. The molecule has 0 atom stereocenters. The molecule has 16 heavy (non-hydrogen) atoms. The number of hydrogen-bond acceptors (Lipinski definition) is 3. The number of rotatable bonds is 2. The molecule has 2 rings (SSSR count).